The van der Waals surface area contributed by atoms with Gasteiger partial charge in [0.15, 0.2) is 0 Å². The standard InChI is InChI=1S/C26H22FN5O/c1-31-8-9-32-18(14-31)15-33-25-11-16(6-7-24(25)32)26-21-12-20(19-4-2-3-5-22(19)27)17(13-28)10-23(21)29-30-26/h2-7,10-12,18H,8-9,14-15H2,1H3,(H,29,30). The molecule has 164 valence electrons. The number of rotatable bonds is 2. The largest absolute Gasteiger partial charge is 0.489 e. The number of piperazine rings is 1. The second-order valence-electron chi connectivity index (χ2n) is 8.71. The molecule has 6 rings (SSSR count). The van der Waals surface area contributed by atoms with E-state index in [0.29, 0.717) is 29.3 Å². The minimum atomic E-state index is -0.359. The highest BCUT2D eigenvalue weighted by Gasteiger charge is 2.32. The van der Waals surface area contributed by atoms with Crippen molar-refractivity contribution in [3.63, 3.8) is 0 Å². The van der Waals surface area contributed by atoms with Crippen LogP contribution in [0.4, 0.5) is 10.1 Å². The molecule has 0 saturated carbocycles. The number of nitrogens with one attached hydrogen (secondary N) is 1. The number of aromatic amines is 1. The van der Waals surface area contributed by atoms with Crippen LogP contribution in [-0.2, 0) is 0 Å². The van der Waals surface area contributed by atoms with Crippen LogP contribution in [0.15, 0.2) is 54.6 Å². The Morgan fingerprint density at radius 1 is 1.12 bits per heavy atom. The lowest BCUT2D eigenvalue weighted by atomic mass is 9.96. The molecule has 0 bridgehead atoms. The summed E-state index contributed by atoms with van der Waals surface area (Å²) in [5, 5.41) is 18.1. The average molecular weight is 439 g/mol. The Balaban J connectivity index is 1.45. The monoisotopic (exact) mass is 439 g/mol. The SMILES string of the molecule is CN1CCN2c3ccc(-c4n[nH]c5cc(C#N)c(-c6ccccc6F)cc45)cc3OCC2C1. The van der Waals surface area contributed by atoms with Gasteiger partial charge in [0.25, 0.3) is 0 Å². The number of halogens is 1. The van der Waals surface area contributed by atoms with Gasteiger partial charge < -0.3 is 14.5 Å². The van der Waals surface area contributed by atoms with Crippen LogP contribution in [0.25, 0.3) is 33.3 Å². The molecular formula is C26H22FN5O. The third kappa shape index (κ3) is 3.22. The second-order valence-corrected chi connectivity index (χ2v) is 8.71. The van der Waals surface area contributed by atoms with Crippen LogP contribution in [0.3, 0.4) is 0 Å². The summed E-state index contributed by atoms with van der Waals surface area (Å²) < 4.78 is 20.7. The molecule has 7 heteroatoms. The number of anilines is 1. The Morgan fingerprint density at radius 3 is 2.85 bits per heavy atom. The first-order chi connectivity index (χ1) is 16.1. The smallest absolute Gasteiger partial charge is 0.143 e. The summed E-state index contributed by atoms with van der Waals surface area (Å²) in [5.41, 5.74) is 4.87. The zero-order chi connectivity index (χ0) is 22.5. The summed E-state index contributed by atoms with van der Waals surface area (Å²) >= 11 is 0. The van der Waals surface area contributed by atoms with E-state index in [4.69, 9.17) is 4.74 Å². The van der Waals surface area contributed by atoms with Gasteiger partial charge in [-0.05, 0) is 37.4 Å². The predicted octanol–water partition coefficient (Wildman–Crippen LogP) is 4.42. The average Bonchev–Trinajstić information content (AvgIpc) is 3.25. The number of likely N-dealkylation sites (N-methyl/N-ethyl adjacent to an activating group) is 1. The molecule has 1 N–H and O–H groups in total. The number of nitrogens with zero attached hydrogens (tertiary/aromatic N) is 4. The molecule has 0 spiro atoms. The van der Waals surface area contributed by atoms with E-state index in [1.165, 1.54) is 6.07 Å². The molecule has 2 aliphatic heterocycles. The summed E-state index contributed by atoms with van der Waals surface area (Å²) in [5.74, 6) is 0.495. The van der Waals surface area contributed by atoms with E-state index >= 15 is 0 Å². The maximum atomic E-state index is 14.5. The Labute approximate surface area is 190 Å². The molecule has 1 atom stereocenters. The first-order valence-electron chi connectivity index (χ1n) is 11.0. The number of aromatic nitrogens is 2. The van der Waals surface area contributed by atoms with Gasteiger partial charge in [0.1, 0.15) is 23.9 Å². The molecule has 3 heterocycles. The molecule has 2 aliphatic rings. The number of benzene rings is 3. The van der Waals surface area contributed by atoms with Crippen LogP contribution in [0.5, 0.6) is 5.75 Å². The lowest BCUT2D eigenvalue weighted by Gasteiger charge is -2.44. The van der Waals surface area contributed by atoms with E-state index in [1.54, 1.807) is 24.3 Å². The van der Waals surface area contributed by atoms with Gasteiger partial charge in [0, 0.05) is 41.7 Å². The van der Waals surface area contributed by atoms with Crippen molar-refractivity contribution in [3.8, 4) is 34.2 Å². The quantitative estimate of drug-likeness (QED) is 0.501. The van der Waals surface area contributed by atoms with Crippen molar-refractivity contribution in [2.45, 2.75) is 6.04 Å². The van der Waals surface area contributed by atoms with Gasteiger partial charge >= 0.3 is 0 Å². The molecule has 0 radical (unpaired) electrons. The van der Waals surface area contributed by atoms with Crippen molar-refractivity contribution in [3.05, 3.63) is 66.0 Å². The van der Waals surface area contributed by atoms with E-state index in [0.717, 1.165) is 53.2 Å². The molecule has 1 saturated heterocycles. The fraction of sp³-hybridized carbons (Fsp3) is 0.231. The highest BCUT2D eigenvalue weighted by Crippen LogP contribution is 2.40. The lowest BCUT2D eigenvalue weighted by molar-refractivity contribution is 0.188. The maximum Gasteiger partial charge on any atom is 0.143 e. The van der Waals surface area contributed by atoms with E-state index < -0.39 is 0 Å². The summed E-state index contributed by atoms with van der Waals surface area (Å²) in [7, 11) is 2.14. The van der Waals surface area contributed by atoms with Gasteiger partial charge in [0.2, 0.25) is 0 Å². The Hall–Kier alpha value is -3.89. The summed E-state index contributed by atoms with van der Waals surface area (Å²) in [6, 6.07) is 18.8. The van der Waals surface area contributed by atoms with Crippen LogP contribution < -0.4 is 9.64 Å². The Bertz CT molecular complexity index is 1420. The van der Waals surface area contributed by atoms with Crippen LogP contribution in [0, 0.1) is 17.1 Å². The molecule has 4 aromatic rings. The molecule has 1 aromatic heterocycles. The second kappa shape index (κ2) is 7.61. The van der Waals surface area contributed by atoms with Gasteiger partial charge in [-0.15, -0.1) is 0 Å². The third-order valence-electron chi connectivity index (χ3n) is 6.65. The molecule has 3 aromatic carbocycles. The number of hydrogen-bond donors (Lipinski definition) is 1. The van der Waals surface area contributed by atoms with E-state index in [9.17, 15) is 9.65 Å². The van der Waals surface area contributed by atoms with E-state index in [1.807, 2.05) is 12.1 Å². The van der Waals surface area contributed by atoms with Gasteiger partial charge in [-0.3, -0.25) is 5.10 Å². The molecular weight excluding hydrogens is 417 g/mol. The lowest BCUT2D eigenvalue weighted by Crippen LogP contribution is -2.56. The van der Waals surface area contributed by atoms with Crippen LogP contribution in [0.2, 0.25) is 0 Å². The summed E-state index contributed by atoms with van der Waals surface area (Å²) in [4.78, 5) is 4.77. The number of H-pyrrole nitrogens is 1. The van der Waals surface area contributed by atoms with Gasteiger partial charge in [0.05, 0.1) is 28.9 Å². The molecule has 1 unspecified atom stereocenters. The van der Waals surface area contributed by atoms with E-state index in [2.05, 4.69) is 45.2 Å². The normalized spacial score (nSPS) is 17.8. The highest BCUT2D eigenvalue weighted by molar-refractivity contribution is 5.98. The molecule has 0 amide bonds. The Kier molecular flexibility index (Phi) is 4.56. The molecule has 1 fully saturated rings. The topological polar surface area (TPSA) is 68.2 Å². The van der Waals surface area contributed by atoms with E-state index in [-0.39, 0.29) is 5.82 Å². The predicted molar refractivity (Wildman–Crippen MR) is 126 cm³/mol. The number of ether oxygens (including phenoxy) is 1. The third-order valence-corrected chi connectivity index (χ3v) is 6.65. The molecule has 6 nitrogen and oxygen atoms in total. The van der Waals surface area contributed by atoms with Crippen molar-refractivity contribution in [2.75, 3.05) is 38.2 Å². The zero-order valence-corrected chi connectivity index (χ0v) is 18.2. The van der Waals surface area contributed by atoms with Gasteiger partial charge in [-0.1, -0.05) is 24.3 Å². The first kappa shape index (κ1) is 19.8. The van der Waals surface area contributed by atoms with Crippen molar-refractivity contribution >= 4 is 16.6 Å². The minimum absolute atomic E-state index is 0.359. The van der Waals surface area contributed by atoms with Crippen LogP contribution in [0.1, 0.15) is 5.56 Å². The Morgan fingerprint density at radius 2 is 2.00 bits per heavy atom. The summed E-state index contributed by atoms with van der Waals surface area (Å²) in [6.07, 6.45) is 0. The van der Waals surface area contributed by atoms with Crippen LogP contribution in [-0.4, -0.2) is 54.4 Å². The fourth-order valence-corrected chi connectivity index (χ4v) is 4.95. The fourth-order valence-electron chi connectivity index (χ4n) is 4.95. The number of nitriles is 1. The van der Waals surface area contributed by atoms with Crippen molar-refractivity contribution in [2.24, 2.45) is 0 Å². The number of fused-ring (bicyclic) bond motifs is 4. The summed E-state index contributed by atoms with van der Waals surface area (Å²) in [6.45, 7) is 3.66. The molecule has 33 heavy (non-hydrogen) atoms. The highest BCUT2D eigenvalue weighted by atomic mass is 19.1. The maximum absolute atomic E-state index is 14.5. The van der Waals surface area contributed by atoms with Crippen molar-refractivity contribution in [1.29, 1.82) is 5.26 Å². The van der Waals surface area contributed by atoms with Gasteiger partial charge in [-0.2, -0.15) is 10.4 Å². The molecule has 0 aliphatic carbocycles. The number of hydrogen-bond acceptors (Lipinski definition) is 5. The zero-order valence-electron chi connectivity index (χ0n) is 18.2. The van der Waals surface area contributed by atoms with Crippen LogP contribution >= 0.6 is 0 Å². The van der Waals surface area contributed by atoms with Crippen molar-refractivity contribution < 1.29 is 9.13 Å². The van der Waals surface area contributed by atoms with Gasteiger partial charge in [-0.25, -0.2) is 4.39 Å². The van der Waals surface area contributed by atoms with Crippen molar-refractivity contribution in [1.82, 2.24) is 15.1 Å². The minimum Gasteiger partial charge on any atom is -0.489 e. The first-order valence-corrected chi connectivity index (χ1v) is 11.0.